The molecule has 3 rings (SSSR count). The summed E-state index contributed by atoms with van der Waals surface area (Å²) in [6.07, 6.45) is 0.589. The van der Waals surface area contributed by atoms with Crippen molar-refractivity contribution in [3.05, 3.63) is 45.2 Å². The maximum absolute atomic E-state index is 12.3. The molecule has 0 aliphatic heterocycles. The predicted octanol–water partition coefficient (Wildman–Crippen LogP) is 2.14. The number of thiophene rings is 1. The number of aryl methyl sites for hydroxylation is 1. The van der Waals surface area contributed by atoms with Crippen molar-refractivity contribution < 1.29 is 9.53 Å². The Morgan fingerprint density at radius 3 is 2.88 bits per heavy atom. The van der Waals surface area contributed by atoms with Crippen LogP contribution in [-0.2, 0) is 16.0 Å². The first-order valence-corrected chi connectivity index (χ1v) is 8.94. The second-order valence-electron chi connectivity index (χ2n) is 5.59. The number of nitrogens with one attached hydrogen (secondary N) is 2. The number of amides is 1. The third-order valence-corrected chi connectivity index (χ3v) is 4.68. The van der Waals surface area contributed by atoms with E-state index >= 15 is 0 Å². The number of hydrogen-bond acceptors (Lipinski definition) is 6. The van der Waals surface area contributed by atoms with Gasteiger partial charge in [0.1, 0.15) is 18.1 Å². The maximum atomic E-state index is 12.3. The predicted molar refractivity (Wildman–Crippen MR) is 99.9 cm³/mol. The molecule has 0 saturated carbocycles. The lowest BCUT2D eigenvalue weighted by atomic mass is 10.2. The molecule has 0 radical (unpaired) electrons. The number of carbonyl (C=O) groups excluding carboxylic acids is 1. The lowest BCUT2D eigenvalue weighted by Crippen LogP contribution is -2.23. The average molecular weight is 373 g/mol. The summed E-state index contributed by atoms with van der Waals surface area (Å²) in [5, 5.41) is 9.19. The third kappa shape index (κ3) is 3.58. The third-order valence-electron chi connectivity index (χ3n) is 3.79. The quantitative estimate of drug-likeness (QED) is 0.689. The second kappa shape index (κ2) is 7.63. The number of rotatable bonds is 6. The molecule has 0 unspecified atom stereocenters. The molecule has 3 heterocycles. The fourth-order valence-electron chi connectivity index (χ4n) is 2.60. The number of anilines is 1. The molecule has 3 aromatic heterocycles. The van der Waals surface area contributed by atoms with Crippen LogP contribution < -0.4 is 10.9 Å². The largest absolute Gasteiger partial charge is 0.375 e. The SMILES string of the molecule is CCc1c(C)nc(-n2nc(-c3cccs3)cc2NC(=O)COC)[nH]c1=O. The van der Waals surface area contributed by atoms with Crippen LogP contribution in [0.1, 0.15) is 18.2 Å². The van der Waals surface area contributed by atoms with Gasteiger partial charge in [0.05, 0.1) is 4.88 Å². The Labute approximate surface area is 153 Å². The smallest absolute Gasteiger partial charge is 0.255 e. The Balaban J connectivity index is 2.10. The van der Waals surface area contributed by atoms with Gasteiger partial charge in [0.25, 0.3) is 11.5 Å². The van der Waals surface area contributed by atoms with Crippen LogP contribution in [0.3, 0.4) is 0 Å². The molecule has 0 spiro atoms. The van der Waals surface area contributed by atoms with Crippen molar-refractivity contribution in [2.24, 2.45) is 0 Å². The fourth-order valence-corrected chi connectivity index (χ4v) is 3.28. The van der Waals surface area contributed by atoms with Gasteiger partial charge in [-0.3, -0.25) is 14.6 Å². The van der Waals surface area contributed by atoms with Gasteiger partial charge in [0.15, 0.2) is 0 Å². The fraction of sp³-hybridized carbons (Fsp3) is 0.294. The number of aromatic amines is 1. The number of aromatic nitrogens is 4. The average Bonchev–Trinajstić information content (AvgIpc) is 3.24. The molecular weight excluding hydrogens is 354 g/mol. The summed E-state index contributed by atoms with van der Waals surface area (Å²) in [7, 11) is 1.44. The van der Waals surface area contributed by atoms with Crippen molar-refractivity contribution in [3.63, 3.8) is 0 Å². The Morgan fingerprint density at radius 1 is 1.46 bits per heavy atom. The van der Waals surface area contributed by atoms with E-state index < -0.39 is 0 Å². The van der Waals surface area contributed by atoms with Crippen molar-refractivity contribution in [1.29, 1.82) is 0 Å². The molecule has 1 amide bonds. The van der Waals surface area contributed by atoms with E-state index in [4.69, 9.17) is 4.74 Å². The van der Waals surface area contributed by atoms with E-state index in [1.165, 1.54) is 23.1 Å². The summed E-state index contributed by atoms with van der Waals surface area (Å²) in [5.74, 6) is 0.332. The highest BCUT2D eigenvalue weighted by molar-refractivity contribution is 7.13. The molecule has 0 aliphatic rings. The van der Waals surface area contributed by atoms with Gasteiger partial charge >= 0.3 is 0 Å². The molecule has 9 heteroatoms. The molecule has 8 nitrogen and oxygen atoms in total. The molecule has 2 N–H and O–H groups in total. The molecule has 0 aromatic carbocycles. The number of hydrogen-bond donors (Lipinski definition) is 2. The Kier molecular flexibility index (Phi) is 5.29. The van der Waals surface area contributed by atoms with Crippen molar-refractivity contribution >= 4 is 23.1 Å². The highest BCUT2D eigenvalue weighted by Crippen LogP contribution is 2.27. The zero-order valence-corrected chi connectivity index (χ0v) is 15.5. The Bertz CT molecular complexity index is 975. The summed E-state index contributed by atoms with van der Waals surface area (Å²) < 4.78 is 6.28. The van der Waals surface area contributed by atoms with Gasteiger partial charge in [-0.25, -0.2) is 4.98 Å². The van der Waals surface area contributed by atoms with Crippen LogP contribution in [0.25, 0.3) is 16.5 Å². The van der Waals surface area contributed by atoms with Gasteiger partial charge in [-0.2, -0.15) is 9.78 Å². The number of H-pyrrole nitrogens is 1. The molecule has 0 atom stereocenters. The second-order valence-corrected chi connectivity index (χ2v) is 6.54. The van der Waals surface area contributed by atoms with Gasteiger partial charge in [-0.05, 0) is 24.8 Å². The molecule has 3 aromatic rings. The van der Waals surface area contributed by atoms with Crippen LogP contribution in [0.2, 0.25) is 0 Å². The zero-order valence-electron chi connectivity index (χ0n) is 14.7. The summed E-state index contributed by atoms with van der Waals surface area (Å²) in [6.45, 7) is 3.60. The minimum absolute atomic E-state index is 0.0860. The summed E-state index contributed by atoms with van der Waals surface area (Å²) >= 11 is 1.53. The zero-order chi connectivity index (χ0) is 18.7. The van der Waals surface area contributed by atoms with Gasteiger partial charge in [-0.15, -0.1) is 11.3 Å². The number of nitrogens with zero attached hydrogens (tertiary/aromatic N) is 3. The summed E-state index contributed by atoms with van der Waals surface area (Å²) in [6, 6.07) is 5.59. The lowest BCUT2D eigenvalue weighted by Gasteiger charge is -2.09. The van der Waals surface area contributed by atoms with Gasteiger partial charge < -0.3 is 10.1 Å². The molecule has 136 valence electrons. The van der Waals surface area contributed by atoms with Crippen molar-refractivity contribution in [1.82, 2.24) is 19.7 Å². The number of methoxy groups -OCH3 is 1. The highest BCUT2D eigenvalue weighted by atomic mass is 32.1. The van der Waals surface area contributed by atoms with Gasteiger partial charge in [-0.1, -0.05) is 13.0 Å². The van der Waals surface area contributed by atoms with E-state index in [0.717, 1.165) is 4.88 Å². The Morgan fingerprint density at radius 2 is 2.27 bits per heavy atom. The number of carbonyl (C=O) groups is 1. The van der Waals surface area contributed by atoms with E-state index in [-0.39, 0.29) is 24.0 Å². The van der Waals surface area contributed by atoms with Crippen LogP contribution in [0.15, 0.2) is 28.4 Å². The van der Waals surface area contributed by atoms with Crippen LogP contribution >= 0.6 is 11.3 Å². The molecule has 26 heavy (non-hydrogen) atoms. The van der Waals surface area contributed by atoms with E-state index in [0.29, 0.717) is 29.2 Å². The first-order valence-electron chi connectivity index (χ1n) is 8.06. The first kappa shape index (κ1) is 18.0. The first-order chi connectivity index (χ1) is 12.5. The number of ether oxygens (including phenoxy) is 1. The van der Waals surface area contributed by atoms with Crippen molar-refractivity contribution in [2.45, 2.75) is 20.3 Å². The van der Waals surface area contributed by atoms with Crippen molar-refractivity contribution in [3.8, 4) is 16.5 Å². The molecule has 0 saturated heterocycles. The molecule has 0 fully saturated rings. The minimum atomic E-state index is -0.323. The molecular formula is C17H19N5O3S. The van der Waals surface area contributed by atoms with Crippen LogP contribution in [0, 0.1) is 6.92 Å². The normalized spacial score (nSPS) is 10.9. The topological polar surface area (TPSA) is 102 Å². The monoisotopic (exact) mass is 373 g/mol. The maximum Gasteiger partial charge on any atom is 0.255 e. The summed E-state index contributed by atoms with van der Waals surface area (Å²) in [4.78, 5) is 32.4. The highest BCUT2D eigenvalue weighted by Gasteiger charge is 2.17. The summed E-state index contributed by atoms with van der Waals surface area (Å²) in [5.41, 5.74) is 1.72. The van der Waals surface area contributed by atoms with E-state index in [1.54, 1.807) is 13.0 Å². The molecule has 0 bridgehead atoms. The standard InChI is InChI=1S/C17H19N5O3S/c1-4-11-10(2)18-17(20-16(11)24)22-14(19-15(23)9-25-3)8-12(21-22)13-6-5-7-26-13/h5-8H,4,9H2,1-3H3,(H,19,23)(H,18,20,24). The minimum Gasteiger partial charge on any atom is -0.375 e. The van der Waals surface area contributed by atoms with E-state index in [2.05, 4.69) is 20.4 Å². The van der Waals surface area contributed by atoms with Crippen molar-refractivity contribution in [2.75, 3.05) is 19.0 Å². The molecule has 0 aliphatic carbocycles. The van der Waals surface area contributed by atoms with Crippen LogP contribution in [-0.4, -0.2) is 39.4 Å². The Hall–Kier alpha value is -2.78. The van der Waals surface area contributed by atoms with Gasteiger partial charge in [0.2, 0.25) is 5.95 Å². The van der Waals surface area contributed by atoms with Crippen LogP contribution in [0.4, 0.5) is 5.82 Å². The van der Waals surface area contributed by atoms with Gasteiger partial charge in [0, 0.05) is 24.4 Å². The lowest BCUT2D eigenvalue weighted by molar-refractivity contribution is -0.119. The van der Waals surface area contributed by atoms with Crippen LogP contribution in [0.5, 0.6) is 0 Å². The van der Waals surface area contributed by atoms with E-state index in [1.807, 2.05) is 24.4 Å². The van der Waals surface area contributed by atoms with E-state index in [9.17, 15) is 9.59 Å².